The molecule has 1 aliphatic rings. The van der Waals surface area contributed by atoms with E-state index in [0.717, 1.165) is 11.1 Å². The van der Waals surface area contributed by atoms with Gasteiger partial charge in [0, 0.05) is 30.3 Å². The molecule has 136 valence electrons. The Balaban J connectivity index is 1.96. The van der Waals surface area contributed by atoms with Crippen LogP contribution in [-0.4, -0.2) is 32.9 Å². The van der Waals surface area contributed by atoms with Gasteiger partial charge in [-0.05, 0) is 29.5 Å². The van der Waals surface area contributed by atoms with Crippen molar-refractivity contribution in [1.29, 1.82) is 0 Å². The number of aliphatic carboxylic acids is 1. The third kappa shape index (κ3) is 3.69. The Labute approximate surface area is 151 Å². The molecule has 3 rings (SSSR count). The molecule has 2 N–H and O–H groups in total. The summed E-state index contributed by atoms with van der Waals surface area (Å²) in [7, 11) is 0. The summed E-state index contributed by atoms with van der Waals surface area (Å²) < 4.78 is 0. The molecule has 2 aromatic rings. The number of fused-ring (bicyclic) bond motifs is 1. The van der Waals surface area contributed by atoms with Gasteiger partial charge in [-0.25, -0.2) is 4.79 Å². The number of aromatic nitrogens is 1. The van der Waals surface area contributed by atoms with E-state index in [2.05, 4.69) is 4.98 Å². The number of carboxylic acid groups (broad SMARTS) is 1. The van der Waals surface area contributed by atoms with E-state index in [4.69, 9.17) is 0 Å². The van der Waals surface area contributed by atoms with E-state index in [0.29, 0.717) is 18.0 Å². The molecule has 1 atom stereocenters. The number of carbonyl (C=O) groups excluding carboxylic acids is 1. The first kappa shape index (κ1) is 17.9. The van der Waals surface area contributed by atoms with Crippen LogP contribution in [0.4, 0.5) is 0 Å². The standard InChI is InChI=1S/C20H22N2O4/c1-12(2)7-16-8-15(10-18(23)21-16)19(24)22-11-14-6-4-3-5-13(14)9-17(22)20(25)26/h3-6,8,10,12,17H,7,9,11H2,1-2H3,(H,21,23)(H,25,26). The predicted octanol–water partition coefficient (Wildman–Crippen LogP) is 2.23. The first-order valence-corrected chi connectivity index (χ1v) is 8.69. The van der Waals surface area contributed by atoms with Crippen LogP contribution in [0, 0.1) is 5.92 Å². The Morgan fingerprint density at radius 1 is 1.23 bits per heavy atom. The van der Waals surface area contributed by atoms with E-state index in [9.17, 15) is 19.5 Å². The maximum absolute atomic E-state index is 13.0. The number of nitrogens with zero attached hydrogens (tertiary/aromatic N) is 1. The third-order valence-electron chi connectivity index (χ3n) is 4.57. The van der Waals surface area contributed by atoms with Gasteiger partial charge >= 0.3 is 5.97 Å². The van der Waals surface area contributed by atoms with Crippen molar-refractivity contribution in [3.05, 3.63) is 69.1 Å². The minimum absolute atomic E-state index is 0.221. The summed E-state index contributed by atoms with van der Waals surface area (Å²) in [5.74, 6) is -1.15. The number of pyridine rings is 1. The highest BCUT2D eigenvalue weighted by atomic mass is 16.4. The van der Waals surface area contributed by atoms with Crippen molar-refractivity contribution in [1.82, 2.24) is 9.88 Å². The number of hydrogen-bond donors (Lipinski definition) is 2. The highest BCUT2D eigenvalue weighted by Gasteiger charge is 2.35. The molecular formula is C20H22N2O4. The lowest BCUT2D eigenvalue weighted by Gasteiger charge is -2.34. The van der Waals surface area contributed by atoms with Crippen LogP contribution in [0.2, 0.25) is 0 Å². The molecule has 6 nitrogen and oxygen atoms in total. The zero-order valence-corrected chi connectivity index (χ0v) is 14.9. The monoisotopic (exact) mass is 354 g/mol. The largest absolute Gasteiger partial charge is 0.480 e. The molecule has 1 aromatic carbocycles. The van der Waals surface area contributed by atoms with Crippen molar-refractivity contribution in [2.45, 2.75) is 39.3 Å². The quantitative estimate of drug-likeness (QED) is 0.881. The number of hydrogen-bond acceptors (Lipinski definition) is 3. The summed E-state index contributed by atoms with van der Waals surface area (Å²) in [6, 6.07) is 9.48. The van der Waals surface area contributed by atoms with Gasteiger partial charge < -0.3 is 15.0 Å². The van der Waals surface area contributed by atoms with Crippen molar-refractivity contribution >= 4 is 11.9 Å². The second-order valence-corrected chi connectivity index (χ2v) is 7.12. The maximum Gasteiger partial charge on any atom is 0.326 e. The van der Waals surface area contributed by atoms with Crippen LogP contribution in [0.1, 0.15) is 41.0 Å². The van der Waals surface area contributed by atoms with Gasteiger partial charge in [0.15, 0.2) is 0 Å². The summed E-state index contributed by atoms with van der Waals surface area (Å²) in [6.07, 6.45) is 0.904. The zero-order valence-electron chi connectivity index (χ0n) is 14.9. The lowest BCUT2D eigenvalue weighted by atomic mass is 9.93. The van der Waals surface area contributed by atoms with Crippen molar-refractivity contribution in [2.24, 2.45) is 5.92 Å². The van der Waals surface area contributed by atoms with Crippen LogP contribution in [0.5, 0.6) is 0 Å². The number of aromatic amines is 1. The van der Waals surface area contributed by atoms with Gasteiger partial charge in [-0.2, -0.15) is 0 Å². The van der Waals surface area contributed by atoms with Gasteiger partial charge in [0.1, 0.15) is 6.04 Å². The molecule has 0 radical (unpaired) electrons. The molecule has 1 aliphatic heterocycles. The first-order chi connectivity index (χ1) is 12.3. The van der Waals surface area contributed by atoms with E-state index < -0.39 is 17.9 Å². The average Bonchev–Trinajstić information content (AvgIpc) is 2.58. The van der Waals surface area contributed by atoms with E-state index in [-0.39, 0.29) is 24.1 Å². The van der Waals surface area contributed by atoms with Gasteiger partial charge in [0.25, 0.3) is 5.91 Å². The number of H-pyrrole nitrogens is 1. The summed E-state index contributed by atoms with van der Waals surface area (Å²) in [5.41, 5.74) is 2.44. The number of carbonyl (C=O) groups is 2. The van der Waals surface area contributed by atoms with Crippen molar-refractivity contribution in [3.8, 4) is 0 Å². The van der Waals surface area contributed by atoms with Gasteiger partial charge in [0.05, 0.1) is 0 Å². The highest BCUT2D eigenvalue weighted by Crippen LogP contribution is 2.25. The van der Waals surface area contributed by atoms with Crippen LogP contribution in [0.25, 0.3) is 0 Å². The first-order valence-electron chi connectivity index (χ1n) is 8.69. The Kier molecular flexibility index (Phi) is 4.93. The lowest BCUT2D eigenvalue weighted by molar-refractivity contribution is -0.142. The number of benzene rings is 1. The SMILES string of the molecule is CC(C)Cc1cc(C(=O)N2Cc3ccccc3CC2C(=O)O)cc(=O)[nH]1. The van der Waals surface area contributed by atoms with Gasteiger partial charge in [-0.1, -0.05) is 38.1 Å². The number of amides is 1. The minimum Gasteiger partial charge on any atom is -0.480 e. The zero-order chi connectivity index (χ0) is 18.8. The van der Waals surface area contributed by atoms with E-state index >= 15 is 0 Å². The van der Waals surface area contributed by atoms with Crippen LogP contribution < -0.4 is 5.56 Å². The molecule has 0 fully saturated rings. The Morgan fingerprint density at radius 3 is 2.58 bits per heavy atom. The molecule has 1 unspecified atom stereocenters. The van der Waals surface area contributed by atoms with Crippen LogP contribution in [0.3, 0.4) is 0 Å². The number of nitrogens with one attached hydrogen (secondary N) is 1. The normalized spacial score (nSPS) is 16.4. The molecule has 1 amide bonds. The van der Waals surface area contributed by atoms with E-state index in [1.807, 2.05) is 38.1 Å². The smallest absolute Gasteiger partial charge is 0.326 e. The van der Waals surface area contributed by atoms with Crippen LogP contribution in [-0.2, 0) is 24.2 Å². The fourth-order valence-electron chi connectivity index (χ4n) is 3.40. The number of rotatable bonds is 4. The Morgan fingerprint density at radius 2 is 1.92 bits per heavy atom. The third-order valence-corrected chi connectivity index (χ3v) is 4.57. The fraction of sp³-hybridized carbons (Fsp3) is 0.350. The van der Waals surface area contributed by atoms with Gasteiger partial charge in [-0.3, -0.25) is 9.59 Å². The average molecular weight is 354 g/mol. The van der Waals surface area contributed by atoms with Gasteiger partial charge in [0.2, 0.25) is 5.56 Å². The fourth-order valence-corrected chi connectivity index (χ4v) is 3.40. The highest BCUT2D eigenvalue weighted by molar-refractivity contribution is 5.97. The summed E-state index contributed by atoms with van der Waals surface area (Å²) in [6.45, 7) is 4.27. The molecule has 0 spiro atoms. The van der Waals surface area contributed by atoms with Crippen molar-refractivity contribution in [3.63, 3.8) is 0 Å². The molecule has 6 heteroatoms. The van der Waals surface area contributed by atoms with E-state index in [1.54, 1.807) is 6.07 Å². The lowest BCUT2D eigenvalue weighted by Crippen LogP contribution is -2.48. The molecule has 0 saturated carbocycles. The van der Waals surface area contributed by atoms with Crippen LogP contribution in [0.15, 0.2) is 41.2 Å². The molecule has 0 saturated heterocycles. The predicted molar refractivity (Wildman–Crippen MR) is 97.0 cm³/mol. The van der Waals surface area contributed by atoms with Crippen molar-refractivity contribution < 1.29 is 14.7 Å². The van der Waals surface area contributed by atoms with Gasteiger partial charge in [-0.15, -0.1) is 0 Å². The van der Waals surface area contributed by atoms with E-state index in [1.165, 1.54) is 11.0 Å². The Bertz CT molecular complexity index is 901. The topological polar surface area (TPSA) is 90.5 Å². The number of carboxylic acids is 1. The summed E-state index contributed by atoms with van der Waals surface area (Å²) >= 11 is 0. The molecule has 26 heavy (non-hydrogen) atoms. The molecule has 2 heterocycles. The minimum atomic E-state index is -1.04. The second-order valence-electron chi connectivity index (χ2n) is 7.12. The molecule has 0 bridgehead atoms. The molecule has 1 aromatic heterocycles. The summed E-state index contributed by atoms with van der Waals surface area (Å²) in [5, 5.41) is 9.60. The molecular weight excluding hydrogens is 332 g/mol. The maximum atomic E-state index is 13.0. The summed E-state index contributed by atoms with van der Waals surface area (Å²) in [4.78, 5) is 40.8. The second kappa shape index (κ2) is 7.15. The van der Waals surface area contributed by atoms with Crippen LogP contribution >= 0.6 is 0 Å². The van der Waals surface area contributed by atoms with Crippen molar-refractivity contribution in [2.75, 3.05) is 0 Å². The molecule has 0 aliphatic carbocycles. The Hall–Kier alpha value is -2.89.